The summed E-state index contributed by atoms with van der Waals surface area (Å²) in [6, 6.07) is 8.50. The van der Waals surface area contributed by atoms with Gasteiger partial charge < -0.3 is 14.3 Å². The van der Waals surface area contributed by atoms with Gasteiger partial charge in [0.1, 0.15) is 12.4 Å². The quantitative estimate of drug-likeness (QED) is 0.357. The molecular formula is C17H15N3O5S. The molecule has 1 aromatic carbocycles. The van der Waals surface area contributed by atoms with E-state index in [1.165, 1.54) is 28.0 Å². The van der Waals surface area contributed by atoms with Crippen molar-refractivity contribution in [1.29, 1.82) is 0 Å². The minimum absolute atomic E-state index is 0.103. The number of benzene rings is 1. The van der Waals surface area contributed by atoms with Gasteiger partial charge in [-0.05, 0) is 29.8 Å². The maximum absolute atomic E-state index is 11.8. The predicted molar refractivity (Wildman–Crippen MR) is 95.7 cm³/mol. The number of carbonyl (C=O) groups is 1. The van der Waals surface area contributed by atoms with Crippen LogP contribution in [0.4, 0.5) is 0 Å². The average Bonchev–Trinajstić information content (AvgIpc) is 3.13. The smallest absolute Gasteiger partial charge is 0.347 e. The van der Waals surface area contributed by atoms with E-state index < -0.39 is 5.97 Å². The molecule has 0 radical (unpaired) electrons. The molecule has 2 aromatic heterocycles. The van der Waals surface area contributed by atoms with Crippen molar-refractivity contribution in [3.8, 4) is 5.75 Å². The molecule has 0 saturated carbocycles. The van der Waals surface area contributed by atoms with E-state index in [0.717, 1.165) is 11.3 Å². The van der Waals surface area contributed by atoms with Crippen LogP contribution >= 0.6 is 11.3 Å². The number of rotatable bonds is 7. The number of aromatic nitrogens is 2. The Morgan fingerprint density at radius 1 is 1.35 bits per heavy atom. The summed E-state index contributed by atoms with van der Waals surface area (Å²) in [5.74, 6) is 0.130. The Labute approximate surface area is 152 Å². The summed E-state index contributed by atoms with van der Waals surface area (Å²) in [6.45, 7) is -0.444. The van der Waals surface area contributed by atoms with Crippen molar-refractivity contribution in [2.45, 2.75) is 6.61 Å². The molecule has 3 rings (SSSR count). The lowest BCUT2D eigenvalue weighted by Gasteiger charge is -2.04. The van der Waals surface area contributed by atoms with Crippen molar-refractivity contribution in [3.05, 3.63) is 63.5 Å². The number of hydrogen-bond donors (Lipinski definition) is 0. The van der Waals surface area contributed by atoms with Crippen LogP contribution < -0.4 is 10.3 Å². The molecule has 0 aliphatic heterocycles. The molecule has 0 N–H and O–H groups in total. The Morgan fingerprint density at radius 3 is 2.92 bits per heavy atom. The van der Waals surface area contributed by atoms with Gasteiger partial charge in [-0.2, -0.15) is 0 Å². The number of oxime groups is 1. The van der Waals surface area contributed by atoms with Gasteiger partial charge in [-0.25, -0.2) is 9.78 Å². The molecule has 0 aliphatic rings. The molecule has 0 spiro atoms. The van der Waals surface area contributed by atoms with Crippen LogP contribution in [-0.2, 0) is 21.0 Å². The van der Waals surface area contributed by atoms with Gasteiger partial charge in [0.15, 0.2) is 4.96 Å². The molecule has 3 aromatic rings. The third kappa shape index (κ3) is 4.45. The van der Waals surface area contributed by atoms with Crippen molar-refractivity contribution in [2.75, 3.05) is 13.7 Å². The van der Waals surface area contributed by atoms with E-state index in [1.807, 2.05) is 0 Å². The van der Waals surface area contributed by atoms with Gasteiger partial charge in [0.25, 0.3) is 5.56 Å². The largest absolute Gasteiger partial charge is 0.497 e. The van der Waals surface area contributed by atoms with Gasteiger partial charge >= 0.3 is 5.97 Å². The monoisotopic (exact) mass is 373 g/mol. The number of hydrogen-bond acceptors (Lipinski definition) is 8. The van der Waals surface area contributed by atoms with Crippen LogP contribution in [0.1, 0.15) is 11.3 Å². The van der Waals surface area contributed by atoms with Crippen LogP contribution in [-0.4, -0.2) is 35.3 Å². The van der Waals surface area contributed by atoms with Gasteiger partial charge in [0, 0.05) is 17.6 Å². The first-order valence-electron chi connectivity index (χ1n) is 7.56. The number of methoxy groups -OCH3 is 1. The second kappa shape index (κ2) is 8.26. The topological polar surface area (TPSA) is 91.5 Å². The van der Waals surface area contributed by atoms with E-state index in [2.05, 4.69) is 10.1 Å². The molecule has 2 heterocycles. The first-order chi connectivity index (χ1) is 12.7. The SMILES string of the molecule is COc1ccc(/C=N\OCC(=O)OCc2cc(=O)n3ccsc3n2)cc1. The van der Waals surface area contributed by atoms with Crippen LogP contribution in [0.2, 0.25) is 0 Å². The third-order valence-electron chi connectivity index (χ3n) is 3.31. The van der Waals surface area contributed by atoms with E-state index in [0.29, 0.717) is 10.7 Å². The standard InChI is InChI=1S/C17H15N3O5S/c1-23-14-4-2-12(3-5-14)9-18-25-11-16(22)24-10-13-8-15(21)20-6-7-26-17(20)19-13/h2-9H,10-11H2,1H3/b18-9-. The van der Waals surface area contributed by atoms with Gasteiger partial charge in [0.2, 0.25) is 6.61 Å². The van der Waals surface area contributed by atoms with E-state index in [-0.39, 0.29) is 18.8 Å². The van der Waals surface area contributed by atoms with Crippen LogP contribution in [0, 0.1) is 0 Å². The highest BCUT2D eigenvalue weighted by Crippen LogP contribution is 2.10. The second-order valence-electron chi connectivity index (χ2n) is 5.08. The maximum Gasteiger partial charge on any atom is 0.347 e. The van der Waals surface area contributed by atoms with E-state index >= 15 is 0 Å². The zero-order valence-corrected chi connectivity index (χ0v) is 14.6. The zero-order valence-electron chi connectivity index (χ0n) is 13.8. The first kappa shape index (κ1) is 17.6. The molecule has 0 atom stereocenters. The van der Waals surface area contributed by atoms with Gasteiger partial charge in [0.05, 0.1) is 19.0 Å². The highest BCUT2D eigenvalue weighted by molar-refractivity contribution is 7.15. The van der Waals surface area contributed by atoms with Gasteiger partial charge in [-0.1, -0.05) is 5.16 Å². The Bertz CT molecular complexity index is 978. The molecule has 8 nitrogen and oxygen atoms in total. The molecule has 134 valence electrons. The minimum atomic E-state index is -0.606. The number of nitrogens with zero attached hydrogens (tertiary/aromatic N) is 3. The Hall–Kier alpha value is -3.20. The first-order valence-corrected chi connectivity index (χ1v) is 8.44. The summed E-state index contributed by atoms with van der Waals surface area (Å²) < 4.78 is 11.5. The van der Waals surface area contributed by atoms with E-state index in [9.17, 15) is 9.59 Å². The molecule has 0 saturated heterocycles. The molecule has 9 heteroatoms. The van der Waals surface area contributed by atoms with E-state index in [1.54, 1.807) is 43.0 Å². The summed E-state index contributed by atoms with van der Waals surface area (Å²) in [7, 11) is 1.59. The van der Waals surface area contributed by atoms with Crippen LogP contribution in [0.5, 0.6) is 5.75 Å². The van der Waals surface area contributed by atoms with Gasteiger partial charge in [-0.3, -0.25) is 9.20 Å². The van der Waals surface area contributed by atoms with Crippen LogP contribution in [0.3, 0.4) is 0 Å². The Kier molecular flexibility index (Phi) is 5.59. The lowest BCUT2D eigenvalue weighted by Crippen LogP contribution is -2.16. The number of esters is 1. The van der Waals surface area contributed by atoms with Crippen LogP contribution in [0.25, 0.3) is 4.96 Å². The molecule has 0 amide bonds. The third-order valence-corrected chi connectivity index (χ3v) is 4.07. The van der Waals surface area contributed by atoms with Crippen molar-refractivity contribution in [3.63, 3.8) is 0 Å². The Balaban J connectivity index is 1.46. The van der Waals surface area contributed by atoms with Crippen molar-refractivity contribution in [1.82, 2.24) is 9.38 Å². The number of fused-ring (bicyclic) bond motifs is 1. The van der Waals surface area contributed by atoms with Crippen molar-refractivity contribution < 1.29 is 19.1 Å². The van der Waals surface area contributed by atoms with Crippen LogP contribution in [0.15, 0.2) is 51.9 Å². The number of ether oxygens (including phenoxy) is 2. The average molecular weight is 373 g/mol. The predicted octanol–water partition coefficient (Wildman–Crippen LogP) is 1.86. The van der Waals surface area contributed by atoms with Crippen molar-refractivity contribution in [2.24, 2.45) is 5.16 Å². The summed E-state index contributed by atoms with van der Waals surface area (Å²) in [4.78, 5) is 33.2. The minimum Gasteiger partial charge on any atom is -0.497 e. The lowest BCUT2D eigenvalue weighted by molar-refractivity contribution is -0.150. The zero-order chi connectivity index (χ0) is 18.4. The molecule has 0 bridgehead atoms. The fourth-order valence-corrected chi connectivity index (χ4v) is 2.77. The highest BCUT2D eigenvalue weighted by Gasteiger charge is 2.07. The normalized spacial score (nSPS) is 11.0. The molecule has 26 heavy (non-hydrogen) atoms. The summed E-state index contributed by atoms with van der Waals surface area (Å²) in [5.41, 5.74) is 0.961. The fourth-order valence-electron chi connectivity index (χ4n) is 2.04. The fraction of sp³-hybridized carbons (Fsp3) is 0.176. The summed E-state index contributed by atoms with van der Waals surface area (Å²) >= 11 is 1.33. The number of thiazole rings is 1. The summed E-state index contributed by atoms with van der Waals surface area (Å²) in [5, 5.41) is 5.46. The highest BCUT2D eigenvalue weighted by atomic mass is 32.1. The summed E-state index contributed by atoms with van der Waals surface area (Å²) in [6.07, 6.45) is 3.11. The Morgan fingerprint density at radius 2 is 2.15 bits per heavy atom. The molecular weight excluding hydrogens is 358 g/mol. The maximum atomic E-state index is 11.8. The van der Waals surface area contributed by atoms with E-state index in [4.69, 9.17) is 14.3 Å². The molecule has 0 fully saturated rings. The van der Waals surface area contributed by atoms with Crippen molar-refractivity contribution >= 4 is 28.5 Å². The second-order valence-corrected chi connectivity index (χ2v) is 5.96. The van der Waals surface area contributed by atoms with Gasteiger partial charge in [-0.15, -0.1) is 11.3 Å². The molecule has 0 aliphatic carbocycles. The molecule has 0 unspecified atom stereocenters. The lowest BCUT2D eigenvalue weighted by atomic mass is 10.2. The number of carbonyl (C=O) groups excluding carboxylic acids is 1.